The second-order valence-electron chi connectivity index (χ2n) is 5.15. The van der Waals surface area contributed by atoms with E-state index in [2.05, 4.69) is 12.2 Å². The van der Waals surface area contributed by atoms with Gasteiger partial charge in [0.05, 0.1) is 6.10 Å². The zero-order valence-corrected chi connectivity index (χ0v) is 10.0. The lowest BCUT2D eigenvalue weighted by Gasteiger charge is -2.32. The minimum atomic E-state index is 0.530. The van der Waals surface area contributed by atoms with Gasteiger partial charge in [-0.2, -0.15) is 0 Å². The Kier molecular flexibility index (Phi) is 4.45. The fourth-order valence-corrected chi connectivity index (χ4v) is 2.98. The summed E-state index contributed by atoms with van der Waals surface area (Å²) in [5.41, 5.74) is 0. The highest BCUT2D eigenvalue weighted by molar-refractivity contribution is 4.82. The van der Waals surface area contributed by atoms with Gasteiger partial charge in [-0.3, -0.25) is 0 Å². The van der Waals surface area contributed by atoms with Gasteiger partial charge in [0.2, 0.25) is 0 Å². The summed E-state index contributed by atoms with van der Waals surface area (Å²) in [6, 6.07) is 1.55. The molecule has 0 aromatic carbocycles. The highest BCUT2D eigenvalue weighted by Gasteiger charge is 2.25. The van der Waals surface area contributed by atoms with E-state index in [9.17, 15) is 0 Å². The van der Waals surface area contributed by atoms with Crippen LogP contribution >= 0.6 is 0 Å². The number of hydrogen-bond acceptors (Lipinski definition) is 2. The van der Waals surface area contributed by atoms with Crippen molar-refractivity contribution in [3.05, 3.63) is 0 Å². The molecule has 2 unspecified atom stereocenters. The molecule has 1 aliphatic heterocycles. The molecule has 0 spiro atoms. The van der Waals surface area contributed by atoms with Crippen molar-refractivity contribution in [3.8, 4) is 0 Å². The van der Waals surface area contributed by atoms with Crippen LogP contribution in [0.25, 0.3) is 0 Å². The maximum atomic E-state index is 5.77. The molecule has 0 aromatic rings. The first-order chi connectivity index (χ1) is 7.38. The average Bonchev–Trinajstić information content (AvgIpc) is 2.71. The molecule has 2 heteroatoms. The summed E-state index contributed by atoms with van der Waals surface area (Å²) in [6.07, 6.45) is 11.1. The summed E-state index contributed by atoms with van der Waals surface area (Å²) in [7, 11) is 0. The molecule has 2 fully saturated rings. The summed E-state index contributed by atoms with van der Waals surface area (Å²) in [5.74, 6) is 0. The zero-order chi connectivity index (χ0) is 10.5. The molecule has 2 nitrogen and oxygen atoms in total. The molecule has 88 valence electrons. The second-order valence-corrected chi connectivity index (χ2v) is 5.15. The van der Waals surface area contributed by atoms with E-state index in [1.54, 1.807) is 0 Å². The van der Waals surface area contributed by atoms with Crippen LogP contribution in [-0.4, -0.2) is 24.8 Å². The molecule has 0 aromatic heterocycles. The van der Waals surface area contributed by atoms with Crippen LogP contribution in [0, 0.1) is 0 Å². The van der Waals surface area contributed by atoms with Crippen molar-refractivity contribution in [1.82, 2.24) is 5.32 Å². The van der Waals surface area contributed by atoms with Gasteiger partial charge < -0.3 is 10.1 Å². The molecule has 15 heavy (non-hydrogen) atoms. The van der Waals surface area contributed by atoms with E-state index < -0.39 is 0 Å². The molecular weight excluding hydrogens is 186 g/mol. The maximum Gasteiger partial charge on any atom is 0.0589 e. The third-order valence-corrected chi connectivity index (χ3v) is 3.80. The fraction of sp³-hybridized carbons (Fsp3) is 1.00. The van der Waals surface area contributed by atoms with E-state index in [1.165, 1.54) is 51.4 Å². The van der Waals surface area contributed by atoms with Crippen LogP contribution in [-0.2, 0) is 4.74 Å². The molecule has 2 aliphatic rings. The fourth-order valence-electron chi connectivity index (χ4n) is 2.98. The molecule has 2 atom stereocenters. The predicted molar refractivity (Wildman–Crippen MR) is 63.1 cm³/mol. The first-order valence-corrected chi connectivity index (χ1v) is 6.76. The van der Waals surface area contributed by atoms with Crippen LogP contribution < -0.4 is 5.32 Å². The van der Waals surface area contributed by atoms with E-state index in [0.717, 1.165) is 18.7 Å². The first kappa shape index (κ1) is 11.4. The Morgan fingerprint density at radius 1 is 1.13 bits per heavy atom. The highest BCUT2D eigenvalue weighted by Crippen LogP contribution is 2.22. The van der Waals surface area contributed by atoms with E-state index >= 15 is 0 Å². The van der Waals surface area contributed by atoms with Crippen LogP contribution in [0.4, 0.5) is 0 Å². The summed E-state index contributed by atoms with van der Waals surface area (Å²) in [4.78, 5) is 0. The monoisotopic (exact) mass is 211 g/mol. The van der Waals surface area contributed by atoms with Gasteiger partial charge in [-0.05, 0) is 32.1 Å². The Hall–Kier alpha value is -0.0800. The first-order valence-electron chi connectivity index (χ1n) is 6.76. The van der Waals surface area contributed by atoms with E-state index in [4.69, 9.17) is 4.74 Å². The number of rotatable bonds is 4. The maximum absolute atomic E-state index is 5.77. The Balaban J connectivity index is 1.71. The van der Waals surface area contributed by atoms with Crippen LogP contribution in [0.5, 0.6) is 0 Å². The number of nitrogens with one attached hydrogen (secondary N) is 1. The van der Waals surface area contributed by atoms with Crippen molar-refractivity contribution < 1.29 is 4.74 Å². The van der Waals surface area contributed by atoms with Gasteiger partial charge in [0.15, 0.2) is 0 Å². The topological polar surface area (TPSA) is 21.3 Å². The quantitative estimate of drug-likeness (QED) is 0.772. The Morgan fingerprint density at radius 3 is 2.67 bits per heavy atom. The van der Waals surface area contributed by atoms with Gasteiger partial charge in [-0.1, -0.05) is 26.2 Å². The standard InChI is InChI=1S/C13H25NO/c1-2-5-13-10-12(8-9-15-13)14-11-6-3-4-7-11/h11-14H,2-10H2,1H3. The Labute approximate surface area is 93.8 Å². The van der Waals surface area contributed by atoms with Gasteiger partial charge >= 0.3 is 0 Å². The largest absolute Gasteiger partial charge is 0.378 e. The SMILES string of the molecule is CCCC1CC(NC2CCCC2)CCO1. The van der Waals surface area contributed by atoms with Crippen molar-refractivity contribution in [2.45, 2.75) is 76.5 Å². The van der Waals surface area contributed by atoms with Crippen LogP contribution in [0.3, 0.4) is 0 Å². The zero-order valence-electron chi connectivity index (χ0n) is 10.0. The lowest BCUT2D eigenvalue weighted by molar-refractivity contribution is -0.00487. The molecular formula is C13H25NO. The lowest BCUT2D eigenvalue weighted by Crippen LogP contribution is -2.43. The normalized spacial score (nSPS) is 33.4. The minimum absolute atomic E-state index is 0.530. The van der Waals surface area contributed by atoms with E-state index in [-0.39, 0.29) is 0 Å². The Morgan fingerprint density at radius 2 is 1.93 bits per heavy atom. The molecule has 0 radical (unpaired) electrons. The molecule has 1 aliphatic carbocycles. The third kappa shape index (κ3) is 3.46. The van der Waals surface area contributed by atoms with Crippen molar-refractivity contribution in [1.29, 1.82) is 0 Å². The molecule has 1 N–H and O–H groups in total. The van der Waals surface area contributed by atoms with Crippen molar-refractivity contribution in [2.75, 3.05) is 6.61 Å². The van der Waals surface area contributed by atoms with Crippen molar-refractivity contribution in [2.24, 2.45) is 0 Å². The van der Waals surface area contributed by atoms with Gasteiger partial charge in [0.25, 0.3) is 0 Å². The van der Waals surface area contributed by atoms with Crippen molar-refractivity contribution >= 4 is 0 Å². The molecule has 0 bridgehead atoms. The number of hydrogen-bond donors (Lipinski definition) is 1. The van der Waals surface area contributed by atoms with Crippen LogP contribution in [0.15, 0.2) is 0 Å². The summed E-state index contributed by atoms with van der Waals surface area (Å²) in [6.45, 7) is 3.21. The average molecular weight is 211 g/mol. The molecule has 1 saturated heterocycles. The smallest absolute Gasteiger partial charge is 0.0589 e. The van der Waals surface area contributed by atoms with Crippen LogP contribution in [0.1, 0.15) is 58.3 Å². The van der Waals surface area contributed by atoms with Gasteiger partial charge in [0.1, 0.15) is 0 Å². The van der Waals surface area contributed by atoms with E-state index in [0.29, 0.717) is 6.10 Å². The van der Waals surface area contributed by atoms with Gasteiger partial charge in [-0.15, -0.1) is 0 Å². The highest BCUT2D eigenvalue weighted by atomic mass is 16.5. The second kappa shape index (κ2) is 5.86. The minimum Gasteiger partial charge on any atom is -0.378 e. The molecule has 0 amide bonds. The van der Waals surface area contributed by atoms with E-state index in [1.807, 2.05) is 0 Å². The molecule has 1 saturated carbocycles. The summed E-state index contributed by atoms with van der Waals surface area (Å²) in [5, 5.41) is 3.83. The van der Waals surface area contributed by atoms with Crippen LogP contribution in [0.2, 0.25) is 0 Å². The predicted octanol–water partition coefficient (Wildman–Crippen LogP) is 2.87. The van der Waals surface area contributed by atoms with Gasteiger partial charge in [-0.25, -0.2) is 0 Å². The Bertz CT molecular complexity index is 175. The summed E-state index contributed by atoms with van der Waals surface area (Å²) < 4.78 is 5.77. The molecule has 1 heterocycles. The van der Waals surface area contributed by atoms with Crippen molar-refractivity contribution in [3.63, 3.8) is 0 Å². The third-order valence-electron chi connectivity index (χ3n) is 3.80. The number of ether oxygens (including phenoxy) is 1. The molecule has 2 rings (SSSR count). The lowest BCUT2D eigenvalue weighted by atomic mass is 9.99. The van der Waals surface area contributed by atoms with Gasteiger partial charge in [0, 0.05) is 18.7 Å². The summed E-state index contributed by atoms with van der Waals surface area (Å²) >= 11 is 0.